The Morgan fingerprint density at radius 3 is 1.24 bits per heavy atom. The maximum atomic E-state index is 13.6. The summed E-state index contributed by atoms with van der Waals surface area (Å²) >= 11 is 23.7. The van der Waals surface area contributed by atoms with E-state index in [1.807, 2.05) is 0 Å². The van der Waals surface area contributed by atoms with Gasteiger partial charge in [0, 0.05) is 10.0 Å². The highest BCUT2D eigenvalue weighted by Crippen LogP contribution is 2.37. The zero-order valence-corrected chi connectivity index (χ0v) is 50.5. The molecule has 3 heterocycles. The molecule has 3 amide bonds. The van der Waals surface area contributed by atoms with Gasteiger partial charge in [-0.2, -0.15) is 54.8 Å². The van der Waals surface area contributed by atoms with Crippen molar-refractivity contribution in [2.45, 2.75) is 77.7 Å². The maximum Gasteiger partial charge on any atom is 0.419 e. The van der Waals surface area contributed by atoms with Gasteiger partial charge in [-0.25, -0.2) is 27.2 Å². The molecule has 9 aromatic rings. The highest BCUT2D eigenvalue weighted by atomic mass is 35.5. The van der Waals surface area contributed by atoms with Crippen molar-refractivity contribution >= 4 is 64.1 Å². The molecule has 0 spiro atoms. The molecule has 0 radical (unpaired) electrons. The maximum absolute atomic E-state index is 13.6. The minimum Gasteiger partial charge on any atom is -0.345 e. The van der Waals surface area contributed by atoms with Crippen LogP contribution in [0.2, 0.25) is 20.1 Å². The molecule has 0 saturated heterocycles. The number of rotatable bonds is 14. The van der Waals surface area contributed by atoms with Crippen LogP contribution >= 0.6 is 46.4 Å². The van der Waals surface area contributed by atoms with E-state index in [4.69, 9.17) is 46.4 Å². The molecule has 0 unspecified atom stereocenters. The molecule has 0 aliphatic carbocycles. The van der Waals surface area contributed by atoms with Crippen molar-refractivity contribution in [1.82, 2.24) is 45.3 Å². The third-order valence-electron chi connectivity index (χ3n) is 13.8. The zero-order chi connectivity index (χ0) is 66.3. The fraction of sp³-hybridized carbons (Fsp3) is 0.194. The zero-order valence-electron chi connectivity index (χ0n) is 47.5. The Bertz CT molecular complexity index is 4090. The number of carbonyl (C=O) groups excluding carboxylic acids is 3. The van der Waals surface area contributed by atoms with Gasteiger partial charge in [-0.1, -0.05) is 77.6 Å². The molecule has 472 valence electrons. The third kappa shape index (κ3) is 16.4. The average Bonchev–Trinajstić information content (AvgIpc) is 1.58. The second-order valence-electron chi connectivity index (χ2n) is 19.7. The number of aromatic nitrogens is 6. The Labute approximate surface area is 526 Å². The van der Waals surface area contributed by atoms with Crippen LogP contribution in [0.1, 0.15) is 120 Å². The van der Waals surface area contributed by atoms with Crippen molar-refractivity contribution in [3.8, 4) is 17.1 Å². The first-order valence-corrected chi connectivity index (χ1v) is 28.0. The van der Waals surface area contributed by atoms with E-state index in [2.05, 4.69) is 37.8 Å². The van der Waals surface area contributed by atoms with Crippen LogP contribution in [0.5, 0.6) is 0 Å². The molecule has 12 nitrogen and oxygen atoms in total. The first-order chi connectivity index (χ1) is 42.2. The number of halogens is 16. The third-order valence-corrected chi connectivity index (χ3v) is 15.0. The van der Waals surface area contributed by atoms with E-state index in [0.29, 0.717) is 78.9 Å². The molecule has 3 N–H and O–H groups in total. The average molecular weight is 1340 g/mol. The lowest BCUT2D eigenvalue weighted by Crippen LogP contribution is -2.29. The molecule has 0 saturated carbocycles. The van der Waals surface area contributed by atoms with Crippen molar-refractivity contribution in [2.75, 3.05) is 0 Å². The van der Waals surface area contributed by atoms with Gasteiger partial charge in [-0.15, -0.1) is 6.58 Å². The fourth-order valence-corrected chi connectivity index (χ4v) is 9.48. The summed E-state index contributed by atoms with van der Waals surface area (Å²) in [4.78, 5) is 38.2. The predicted molar refractivity (Wildman–Crippen MR) is 316 cm³/mol. The van der Waals surface area contributed by atoms with Crippen molar-refractivity contribution < 1.29 is 67.1 Å². The minimum absolute atomic E-state index is 0.0508. The van der Waals surface area contributed by atoms with Crippen LogP contribution in [-0.2, 0) is 18.5 Å². The molecule has 3 atom stereocenters. The van der Waals surface area contributed by atoms with Gasteiger partial charge in [-0.05, 0) is 154 Å². The molecule has 0 fully saturated rings. The number of nitrogens with zero attached hydrogens (tertiary/aromatic N) is 6. The van der Waals surface area contributed by atoms with Gasteiger partial charge in [0.1, 0.15) is 17.5 Å². The Morgan fingerprint density at radius 1 is 0.489 bits per heavy atom. The smallest absolute Gasteiger partial charge is 0.345 e. The van der Waals surface area contributed by atoms with Crippen LogP contribution in [0, 0.1) is 38.2 Å². The number of hydrogen-bond donors (Lipinski definition) is 3. The van der Waals surface area contributed by atoms with Gasteiger partial charge in [-0.3, -0.25) is 14.4 Å². The first kappa shape index (κ1) is 68.9. The van der Waals surface area contributed by atoms with Gasteiger partial charge in [0.2, 0.25) is 0 Å². The number of amides is 3. The Hall–Kier alpha value is -8.58. The van der Waals surface area contributed by atoms with Gasteiger partial charge >= 0.3 is 18.5 Å². The summed E-state index contributed by atoms with van der Waals surface area (Å²) in [5.74, 6) is -5.70. The largest absolute Gasteiger partial charge is 0.419 e. The number of hydrogen-bond acceptors (Lipinski definition) is 6. The number of benzene rings is 6. The first-order valence-electron chi connectivity index (χ1n) is 26.5. The molecule has 0 bridgehead atoms. The van der Waals surface area contributed by atoms with Crippen LogP contribution < -0.4 is 16.0 Å². The normalized spacial score (nSPS) is 12.6. The molecule has 9 rings (SSSR count). The summed E-state index contributed by atoms with van der Waals surface area (Å²) in [6, 6.07) is 23.9. The molecular formula is C62H49Cl4F12N9O3. The molecule has 0 aliphatic heterocycles. The standard InChI is InChI=1S/C21H18ClF4N3O.C21H16ClF4N3O.C20H15Cl2F4N3O/c2*1-3-19(13-4-9-18(23)17(10-13)21(24,25)26)28-20(30)16-11-27-29(12(16)2)15-7-5-14(22)6-8-15;1-10(12-3-6-18(23)15(7-12)20(24,25)26)28-19(30)14-9-27-29(11(14)2)13-4-5-16(21)17(22)8-13/h4-11,19H,3H2,1-2H3,(H,28,30);3-11,19H,1H2,2H3,(H,28,30);3-10H,1-2H3,(H,28,30)/t2*19-;10-/m000/s1. The van der Waals surface area contributed by atoms with E-state index in [0.717, 1.165) is 18.2 Å². The Morgan fingerprint density at radius 2 is 0.844 bits per heavy atom. The summed E-state index contributed by atoms with van der Waals surface area (Å²) in [5.41, 5.74) is 0.465. The quantitative estimate of drug-likeness (QED) is 0.0731. The summed E-state index contributed by atoms with van der Waals surface area (Å²) < 4.78 is 162. The van der Waals surface area contributed by atoms with Crippen LogP contribution in [0.15, 0.2) is 153 Å². The number of nitrogens with one attached hydrogen (secondary N) is 3. The SMILES string of the molecule is C=C[C@H](NC(=O)c1cnn(-c2ccc(Cl)cc2)c1C)c1ccc(F)c(C(F)(F)F)c1.CC[C@H](NC(=O)c1cnn(-c2ccc(Cl)cc2)c1C)c1ccc(F)c(C(F)(F)F)c1.Cc1c(C(=O)N[C@@H](C)c2ccc(F)c(C(F)(F)F)c2)cnn1-c1ccc(Cl)c(Cl)c1. The van der Waals surface area contributed by atoms with E-state index >= 15 is 0 Å². The summed E-state index contributed by atoms with van der Waals surface area (Å²) in [6.07, 6.45) is -8.84. The monoisotopic (exact) mass is 1340 g/mol. The van der Waals surface area contributed by atoms with E-state index in [9.17, 15) is 67.1 Å². The summed E-state index contributed by atoms with van der Waals surface area (Å²) in [7, 11) is 0. The molecule has 6 aromatic carbocycles. The second kappa shape index (κ2) is 28.5. The highest BCUT2D eigenvalue weighted by molar-refractivity contribution is 6.42. The second-order valence-corrected chi connectivity index (χ2v) is 21.4. The highest BCUT2D eigenvalue weighted by Gasteiger charge is 2.37. The van der Waals surface area contributed by atoms with Crippen molar-refractivity contribution in [3.63, 3.8) is 0 Å². The van der Waals surface area contributed by atoms with Crippen LogP contribution in [0.4, 0.5) is 52.7 Å². The van der Waals surface area contributed by atoms with E-state index < -0.39 is 88.5 Å². The summed E-state index contributed by atoms with van der Waals surface area (Å²) in [6.45, 7) is 11.8. The number of carbonyl (C=O) groups is 3. The van der Waals surface area contributed by atoms with Gasteiger partial charge < -0.3 is 16.0 Å². The molecule has 0 aliphatic rings. The van der Waals surface area contributed by atoms with E-state index in [1.165, 1.54) is 59.2 Å². The van der Waals surface area contributed by atoms with Crippen LogP contribution in [0.3, 0.4) is 0 Å². The van der Waals surface area contributed by atoms with Crippen LogP contribution in [0.25, 0.3) is 17.1 Å². The van der Waals surface area contributed by atoms with Crippen molar-refractivity contribution in [2.24, 2.45) is 0 Å². The Balaban J connectivity index is 0.000000192. The molecule has 3 aromatic heterocycles. The lowest BCUT2D eigenvalue weighted by Gasteiger charge is -2.19. The van der Waals surface area contributed by atoms with Gasteiger partial charge in [0.05, 0.1) is 114 Å². The Kier molecular flexibility index (Phi) is 21.8. The fourth-order valence-electron chi connectivity index (χ4n) is 8.93. The lowest BCUT2D eigenvalue weighted by molar-refractivity contribution is -0.140. The van der Waals surface area contributed by atoms with Gasteiger partial charge in [0.25, 0.3) is 17.7 Å². The van der Waals surface area contributed by atoms with Gasteiger partial charge in [0.15, 0.2) is 0 Å². The summed E-state index contributed by atoms with van der Waals surface area (Å²) in [5, 5.41) is 22.3. The molecular weight excluding hydrogens is 1290 g/mol. The number of alkyl halides is 9. The van der Waals surface area contributed by atoms with E-state index in [-0.39, 0.29) is 33.4 Å². The van der Waals surface area contributed by atoms with E-state index in [1.54, 1.807) is 99.1 Å². The minimum atomic E-state index is -4.86. The van der Waals surface area contributed by atoms with Crippen molar-refractivity contribution in [3.05, 3.63) is 257 Å². The van der Waals surface area contributed by atoms with Crippen molar-refractivity contribution in [1.29, 1.82) is 0 Å². The lowest BCUT2D eigenvalue weighted by atomic mass is 10.0. The molecule has 90 heavy (non-hydrogen) atoms. The van der Waals surface area contributed by atoms with Crippen LogP contribution in [-0.4, -0.2) is 47.1 Å². The topological polar surface area (TPSA) is 141 Å². The predicted octanol–water partition coefficient (Wildman–Crippen LogP) is 17.7. The molecule has 28 heteroatoms.